The molecule has 1 saturated heterocycles. The maximum atomic E-state index is 13.1. The highest BCUT2D eigenvalue weighted by Crippen LogP contribution is 2.35. The van der Waals surface area contributed by atoms with E-state index in [2.05, 4.69) is 5.32 Å². The zero-order chi connectivity index (χ0) is 23.7. The highest BCUT2D eigenvalue weighted by Gasteiger charge is 2.35. The van der Waals surface area contributed by atoms with Crippen molar-refractivity contribution >= 4 is 58.2 Å². The Morgan fingerprint density at radius 1 is 1.18 bits per heavy atom. The van der Waals surface area contributed by atoms with Gasteiger partial charge < -0.3 is 9.15 Å². The Morgan fingerprint density at radius 3 is 2.64 bits per heavy atom. The number of hydrogen-bond donors (Lipinski definition) is 1. The molecule has 0 spiro atoms. The first-order chi connectivity index (χ1) is 15.8. The molecule has 0 unspecified atom stereocenters. The normalized spacial score (nSPS) is 15.0. The summed E-state index contributed by atoms with van der Waals surface area (Å²) in [5.74, 6) is -0.591. The highest BCUT2D eigenvalue weighted by molar-refractivity contribution is 7.80. The molecule has 3 aromatic rings. The van der Waals surface area contributed by atoms with Crippen LogP contribution in [-0.2, 0) is 9.59 Å². The van der Waals surface area contributed by atoms with Gasteiger partial charge in [0, 0.05) is 12.1 Å². The first-order valence-corrected chi connectivity index (χ1v) is 10.2. The standard InChI is InChI=1S/C22H14ClN3O6S/c1-31-18-8-6-12(26(29)30)10-14(18)19-9-7-13(32-19)11-15-20(27)24-22(33)25(21(15)28)17-5-3-2-4-16(17)23/h2-11H,1H3,(H,24,27,33)/b15-11+. The average Bonchev–Trinajstić information content (AvgIpc) is 3.26. The molecule has 2 heterocycles. The Hall–Kier alpha value is -4.02. The van der Waals surface area contributed by atoms with Crippen molar-refractivity contribution in [1.29, 1.82) is 0 Å². The lowest BCUT2D eigenvalue weighted by Crippen LogP contribution is -2.54. The highest BCUT2D eigenvalue weighted by atomic mass is 35.5. The van der Waals surface area contributed by atoms with Crippen LogP contribution in [0.25, 0.3) is 17.4 Å². The van der Waals surface area contributed by atoms with Gasteiger partial charge in [0.05, 0.1) is 28.3 Å². The second-order valence-corrected chi connectivity index (χ2v) is 7.55. The van der Waals surface area contributed by atoms with E-state index in [-0.39, 0.29) is 32.9 Å². The Bertz CT molecular complexity index is 1350. The van der Waals surface area contributed by atoms with E-state index in [0.717, 1.165) is 4.90 Å². The molecule has 0 radical (unpaired) electrons. The van der Waals surface area contributed by atoms with Gasteiger partial charge in [0.1, 0.15) is 22.8 Å². The molecule has 33 heavy (non-hydrogen) atoms. The molecule has 0 atom stereocenters. The fourth-order valence-electron chi connectivity index (χ4n) is 3.23. The van der Waals surface area contributed by atoms with E-state index < -0.39 is 16.7 Å². The van der Waals surface area contributed by atoms with Crippen molar-refractivity contribution in [2.45, 2.75) is 0 Å². The summed E-state index contributed by atoms with van der Waals surface area (Å²) in [6.45, 7) is 0. The number of halogens is 1. The van der Waals surface area contributed by atoms with E-state index in [9.17, 15) is 19.7 Å². The first-order valence-electron chi connectivity index (χ1n) is 9.38. The van der Waals surface area contributed by atoms with Crippen molar-refractivity contribution in [3.05, 3.63) is 81.1 Å². The molecule has 11 heteroatoms. The minimum absolute atomic E-state index is 0.100. The molecule has 2 aromatic carbocycles. The fraction of sp³-hybridized carbons (Fsp3) is 0.0455. The van der Waals surface area contributed by atoms with Crippen LogP contribution in [-0.4, -0.2) is 29.0 Å². The predicted molar refractivity (Wildman–Crippen MR) is 125 cm³/mol. The summed E-state index contributed by atoms with van der Waals surface area (Å²) in [5, 5.41) is 13.8. The van der Waals surface area contributed by atoms with Gasteiger partial charge in [-0.2, -0.15) is 0 Å². The lowest BCUT2D eigenvalue weighted by Gasteiger charge is -2.29. The number of para-hydroxylation sites is 1. The number of carbonyl (C=O) groups excluding carboxylic acids is 2. The lowest BCUT2D eigenvalue weighted by molar-refractivity contribution is -0.384. The molecule has 1 aromatic heterocycles. The van der Waals surface area contributed by atoms with Gasteiger partial charge in [-0.25, -0.2) is 0 Å². The molecule has 166 valence electrons. The number of amides is 2. The van der Waals surface area contributed by atoms with Gasteiger partial charge in [-0.05, 0) is 48.6 Å². The summed E-state index contributed by atoms with van der Waals surface area (Å²) in [4.78, 5) is 37.3. The van der Waals surface area contributed by atoms with Crippen LogP contribution in [0.4, 0.5) is 11.4 Å². The average molecular weight is 484 g/mol. The van der Waals surface area contributed by atoms with Crippen LogP contribution < -0.4 is 15.0 Å². The largest absolute Gasteiger partial charge is 0.496 e. The minimum atomic E-state index is -0.695. The van der Waals surface area contributed by atoms with Crippen molar-refractivity contribution in [2.24, 2.45) is 0 Å². The van der Waals surface area contributed by atoms with Crippen molar-refractivity contribution in [2.75, 3.05) is 12.0 Å². The number of nitro groups is 1. The number of non-ortho nitro benzene ring substituents is 1. The number of anilines is 1. The third kappa shape index (κ3) is 4.21. The summed E-state index contributed by atoms with van der Waals surface area (Å²) in [6, 6.07) is 13.7. The minimum Gasteiger partial charge on any atom is -0.496 e. The van der Waals surface area contributed by atoms with Crippen LogP contribution in [0.2, 0.25) is 5.02 Å². The van der Waals surface area contributed by atoms with Gasteiger partial charge >= 0.3 is 0 Å². The number of carbonyl (C=O) groups is 2. The van der Waals surface area contributed by atoms with E-state index in [0.29, 0.717) is 17.0 Å². The molecule has 9 nitrogen and oxygen atoms in total. The summed E-state index contributed by atoms with van der Waals surface area (Å²) < 4.78 is 11.0. The number of thiocarbonyl (C=S) groups is 1. The smallest absolute Gasteiger partial charge is 0.270 e. The number of benzene rings is 2. The van der Waals surface area contributed by atoms with Gasteiger partial charge in [-0.3, -0.25) is 29.9 Å². The van der Waals surface area contributed by atoms with E-state index in [1.807, 2.05) is 0 Å². The molecule has 0 saturated carbocycles. The van der Waals surface area contributed by atoms with Crippen LogP contribution in [0.1, 0.15) is 5.76 Å². The second kappa shape index (κ2) is 8.85. The Balaban J connectivity index is 1.72. The maximum absolute atomic E-state index is 13.1. The van der Waals surface area contributed by atoms with Gasteiger partial charge in [0.2, 0.25) is 0 Å². The SMILES string of the molecule is COc1ccc([N+](=O)[O-])cc1-c1ccc(/C=C2\C(=O)NC(=S)N(c3ccccc3Cl)C2=O)o1. The molecule has 1 N–H and O–H groups in total. The van der Waals surface area contributed by atoms with Gasteiger partial charge in [-0.1, -0.05) is 23.7 Å². The van der Waals surface area contributed by atoms with E-state index in [1.165, 1.54) is 37.5 Å². The van der Waals surface area contributed by atoms with Crippen molar-refractivity contribution < 1.29 is 23.7 Å². The van der Waals surface area contributed by atoms with Crippen molar-refractivity contribution in [3.63, 3.8) is 0 Å². The predicted octanol–water partition coefficient (Wildman–Crippen LogP) is 4.35. The fourth-order valence-corrected chi connectivity index (χ4v) is 3.72. The van der Waals surface area contributed by atoms with Crippen LogP contribution >= 0.6 is 23.8 Å². The monoisotopic (exact) mass is 483 g/mol. The van der Waals surface area contributed by atoms with Crippen molar-refractivity contribution in [3.8, 4) is 17.1 Å². The number of hydrogen-bond acceptors (Lipinski definition) is 7. The van der Waals surface area contributed by atoms with Crippen LogP contribution in [0.3, 0.4) is 0 Å². The zero-order valence-electron chi connectivity index (χ0n) is 16.9. The molecular weight excluding hydrogens is 470 g/mol. The number of nitrogens with one attached hydrogen (secondary N) is 1. The topological polar surface area (TPSA) is 115 Å². The van der Waals surface area contributed by atoms with Crippen LogP contribution in [0, 0.1) is 10.1 Å². The van der Waals surface area contributed by atoms with Gasteiger partial charge in [0.15, 0.2) is 5.11 Å². The lowest BCUT2D eigenvalue weighted by atomic mass is 10.1. The van der Waals surface area contributed by atoms with E-state index >= 15 is 0 Å². The summed E-state index contributed by atoms with van der Waals surface area (Å²) in [7, 11) is 1.42. The molecule has 1 aliphatic rings. The summed E-state index contributed by atoms with van der Waals surface area (Å²) >= 11 is 11.4. The quantitative estimate of drug-likeness (QED) is 0.188. The van der Waals surface area contributed by atoms with Crippen LogP contribution in [0.5, 0.6) is 5.75 Å². The molecule has 1 aliphatic heterocycles. The molecule has 2 amide bonds. The third-order valence-electron chi connectivity index (χ3n) is 4.77. The number of nitrogens with zero attached hydrogens (tertiary/aromatic N) is 2. The summed E-state index contributed by atoms with van der Waals surface area (Å²) in [6.07, 6.45) is 1.26. The van der Waals surface area contributed by atoms with E-state index in [1.54, 1.807) is 30.3 Å². The summed E-state index contributed by atoms with van der Waals surface area (Å²) in [5.41, 5.74) is 0.291. The molecule has 0 bridgehead atoms. The number of furan rings is 1. The number of methoxy groups -OCH3 is 1. The van der Waals surface area contributed by atoms with Gasteiger partial charge in [-0.15, -0.1) is 0 Å². The van der Waals surface area contributed by atoms with Crippen molar-refractivity contribution in [1.82, 2.24) is 5.32 Å². The molecule has 4 rings (SSSR count). The molecule has 0 aliphatic carbocycles. The Labute approximate surface area is 197 Å². The Kier molecular flexibility index (Phi) is 5.95. The number of rotatable bonds is 5. The molecule has 1 fully saturated rings. The van der Waals surface area contributed by atoms with E-state index in [4.69, 9.17) is 33.0 Å². The van der Waals surface area contributed by atoms with Crippen LogP contribution in [0.15, 0.2) is 64.6 Å². The maximum Gasteiger partial charge on any atom is 0.270 e. The second-order valence-electron chi connectivity index (χ2n) is 6.75. The number of nitro benzene ring substituents is 1. The Morgan fingerprint density at radius 2 is 1.94 bits per heavy atom. The first kappa shape index (κ1) is 22.2. The number of ether oxygens (including phenoxy) is 1. The van der Waals surface area contributed by atoms with Gasteiger partial charge in [0.25, 0.3) is 17.5 Å². The zero-order valence-corrected chi connectivity index (χ0v) is 18.5. The molecular formula is C22H14ClN3O6S. The third-order valence-corrected chi connectivity index (χ3v) is 5.37.